The zero-order valence-corrected chi connectivity index (χ0v) is 15.0. The number of esters is 1. The first-order chi connectivity index (χ1) is 11.5. The number of hydrogen-bond donors (Lipinski definition) is 0. The molecule has 0 aromatic carbocycles. The van der Waals surface area contributed by atoms with Crippen LogP contribution in [0.15, 0.2) is 21.7 Å². The zero-order valence-electron chi connectivity index (χ0n) is 13.3. The van der Waals surface area contributed by atoms with E-state index in [1.807, 2.05) is 0 Å². The van der Waals surface area contributed by atoms with Gasteiger partial charge in [-0.15, -0.1) is 11.3 Å². The van der Waals surface area contributed by atoms with Crippen molar-refractivity contribution in [1.29, 1.82) is 0 Å². The predicted molar refractivity (Wildman–Crippen MR) is 89.2 cm³/mol. The topological polar surface area (TPSA) is 80.8 Å². The van der Waals surface area contributed by atoms with Crippen LogP contribution in [0, 0.1) is 5.92 Å². The second kappa shape index (κ2) is 7.33. The first-order valence-corrected chi connectivity index (χ1v) is 10.6. The van der Waals surface area contributed by atoms with E-state index in [4.69, 9.17) is 4.74 Å². The minimum atomic E-state index is -3.55. The van der Waals surface area contributed by atoms with E-state index in [1.165, 1.54) is 15.6 Å². The van der Waals surface area contributed by atoms with Gasteiger partial charge in [-0.1, -0.05) is 6.07 Å². The van der Waals surface area contributed by atoms with Crippen LogP contribution in [0.4, 0.5) is 0 Å². The van der Waals surface area contributed by atoms with Crippen molar-refractivity contribution < 1.29 is 22.7 Å². The van der Waals surface area contributed by atoms with E-state index in [0.717, 1.165) is 12.8 Å². The molecule has 2 fully saturated rings. The summed E-state index contributed by atoms with van der Waals surface area (Å²) < 4.78 is 32.2. The molecule has 0 spiro atoms. The van der Waals surface area contributed by atoms with Gasteiger partial charge >= 0.3 is 5.97 Å². The summed E-state index contributed by atoms with van der Waals surface area (Å²) >= 11 is 1.17. The van der Waals surface area contributed by atoms with Crippen molar-refractivity contribution in [2.45, 2.75) is 48.8 Å². The van der Waals surface area contributed by atoms with E-state index < -0.39 is 28.0 Å². The van der Waals surface area contributed by atoms with Gasteiger partial charge in [0.1, 0.15) is 4.21 Å². The van der Waals surface area contributed by atoms with Gasteiger partial charge in [-0.05, 0) is 43.6 Å². The summed E-state index contributed by atoms with van der Waals surface area (Å²) in [4.78, 5) is 24.2. The molecule has 1 aliphatic heterocycles. The van der Waals surface area contributed by atoms with E-state index in [9.17, 15) is 18.0 Å². The quantitative estimate of drug-likeness (QED) is 0.758. The van der Waals surface area contributed by atoms with Crippen molar-refractivity contribution in [3.8, 4) is 0 Å². The van der Waals surface area contributed by atoms with Crippen LogP contribution in [0.5, 0.6) is 0 Å². The summed E-state index contributed by atoms with van der Waals surface area (Å²) in [5, 5.41) is 1.72. The Morgan fingerprint density at radius 2 is 2.08 bits per heavy atom. The summed E-state index contributed by atoms with van der Waals surface area (Å²) in [6.07, 6.45) is 3.33. The smallest absolute Gasteiger partial charge is 0.310 e. The van der Waals surface area contributed by atoms with Crippen LogP contribution >= 0.6 is 11.3 Å². The molecule has 24 heavy (non-hydrogen) atoms. The molecule has 2 heterocycles. The third-order valence-corrected chi connectivity index (χ3v) is 7.80. The van der Waals surface area contributed by atoms with Gasteiger partial charge in [0.25, 0.3) is 10.0 Å². The number of sulfonamides is 1. The molecule has 2 aliphatic rings. The summed E-state index contributed by atoms with van der Waals surface area (Å²) in [7, 11) is -3.55. The Balaban J connectivity index is 1.65. The molecule has 1 aromatic rings. The number of carbonyl (C=O) groups is 2. The second-order valence-electron chi connectivity index (χ2n) is 6.27. The number of rotatable bonds is 4. The van der Waals surface area contributed by atoms with Crippen molar-refractivity contribution in [2.24, 2.45) is 5.92 Å². The van der Waals surface area contributed by atoms with Gasteiger partial charge in [-0.25, -0.2) is 8.42 Å². The van der Waals surface area contributed by atoms with E-state index in [2.05, 4.69) is 0 Å². The largest absolute Gasteiger partial charge is 0.454 e. The highest BCUT2D eigenvalue weighted by Gasteiger charge is 2.36. The number of carbonyl (C=O) groups excluding carboxylic acids is 2. The Kier molecular flexibility index (Phi) is 5.36. The summed E-state index contributed by atoms with van der Waals surface area (Å²) in [6.45, 7) is 0.534. The molecule has 0 bridgehead atoms. The van der Waals surface area contributed by atoms with Gasteiger partial charge in [0, 0.05) is 19.5 Å². The maximum absolute atomic E-state index is 12.6. The molecule has 0 N–H and O–H groups in total. The minimum absolute atomic E-state index is 0.0199. The Labute approximate surface area is 145 Å². The van der Waals surface area contributed by atoms with Gasteiger partial charge in [0.05, 0.1) is 5.92 Å². The standard InChI is InChI=1S/C16H21NO5S2/c18-13-6-1-2-7-14(13)22-16(19)12-5-3-9-17(11-12)24(20,21)15-8-4-10-23-15/h4,8,10,12,14H,1-3,5-7,9,11H2. The number of thiophene rings is 1. The van der Waals surface area contributed by atoms with Crippen LogP contribution in [-0.4, -0.2) is 43.7 Å². The first kappa shape index (κ1) is 17.6. The lowest BCUT2D eigenvalue weighted by Crippen LogP contribution is -2.43. The fourth-order valence-electron chi connectivity index (χ4n) is 3.20. The molecule has 8 heteroatoms. The molecule has 1 saturated carbocycles. The average molecular weight is 371 g/mol. The van der Waals surface area contributed by atoms with Crippen molar-refractivity contribution in [3.63, 3.8) is 0 Å². The van der Waals surface area contributed by atoms with Gasteiger partial charge < -0.3 is 4.74 Å². The zero-order chi connectivity index (χ0) is 17.2. The molecule has 1 saturated heterocycles. The molecular weight excluding hydrogens is 350 g/mol. The van der Waals surface area contributed by atoms with E-state index in [1.54, 1.807) is 17.5 Å². The molecule has 0 radical (unpaired) electrons. The fourth-order valence-corrected chi connectivity index (χ4v) is 5.87. The summed E-state index contributed by atoms with van der Waals surface area (Å²) in [6, 6.07) is 3.27. The predicted octanol–water partition coefficient (Wildman–Crippen LogP) is 2.20. The SMILES string of the molecule is O=C(OC1CCCCC1=O)C1CCCN(S(=O)(=O)c2cccs2)C1. The van der Waals surface area contributed by atoms with E-state index >= 15 is 0 Å². The molecular formula is C16H21NO5S2. The Morgan fingerprint density at radius 1 is 1.25 bits per heavy atom. The van der Waals surface area contributed by atoms with Crippen LogP contribution in [0.25, 0.3) is 0 Å². The number of Topliss-reactive ketones (excluding diaryl/α,β-unsaturated/α-hetero) is 1. The molecule has 132 valence electrons. The molecule has 2 atom stereocenters. The normalized spacial score (nSPS) is 26.2. The molecule has 6 nitrogen and oxygen atoms in total. The maximum atomic E-state index is 12.6. The summed E-state index contributed by atoms with van der Waals surface area (Å²) in [5.74, 6) is -0.960. The first-order valence-electron chi connectivity index (χ1n) is 8.25. The van der Waals surface area contributed by atoms with Crippen molar-refractivity contribution in [3.05, 3.63) is 17.5 Å². The monoisotopic (exact) mass is 371 g/mol. The lowest BCUT2D eigenvalue weighted by Gasteiger charge is -2.31. The van der Waals surface area contributed by atoms with Gasteiger partial charge in [0.15, 0.2) is 11.9 Å². The Hall–Kier alpha value is -1.25. The molecule has 3 rings (SSSR count). The minimum Gasteiger partial charge on any atom is -0.454 e. The lowest BCUT2D eigenvalue weighted by atomic mass is 9.95. The van der Waals surface area contributed by atoms with Gasteiger partial charge in [0.2, 0.25) is 0 Å². The Bertz CT molecular complexity index is 698. The molecule has 1 aliphatic carbocycles. The second-order valence-corrected chi connectivity index (χ2v) is 9.38. The van der Waals surface area contributed by atoms with Crippen LogP contribution in [0.3, 0.4) is 0 Å². The maximum Gasteiger partial charge on any atom is 0.310 e. The third-order valence-electron chi connectivity index (χ3n) is 4.56. The number of hydrogen-bond acceptors (Lipinski definition) is 6. The number of ketones is 1. The fraction of sp³-hybridized carbons (Fsp3) is 0.625. The number of ether oxygens (including phenoxy) is 1. The van der Waals surface area contributed by atoms with Crippen LogP contribution < -0.4 is 0 Å². The number of piperidine rings is 1. The van der Waals surface area contributed by atoms with Crippen LogP contribution in [0.2, 0.25) is 0 Å². The summed E-state index contributed by atoms with van der Waals surface area (Å²) in [5.41, 5.74) is 0. The average Bonchev–Trinajstić information content (AvgIpc) is 3.12. The van der Waals surface area contributed by atoms with Gasteiger partial charge in [-0.3, -0.25) is 9.59 Å². The van der Waals surface area contributed by atoms with Crippen molar-refractivity contribution >= 4 is 33.1 Å². The third kappa shape index (κ3) is 3.70. The van der Waals surface area contributed by atoms with Crippen molar-refractivity contribution in [1.82, 2.24) is 4.31 Å². The molecule has 1 aromatic heterocycles. The number of nitrogens with zero attached hydrogens (tertiary/aromatic N) is 1. The van der Waals surface area contributed by atoms with Crippen molar-refractivity contribution in [2.75, 3.05) is 13.1 Å². The molecule has 2 unspecified atom stereocenters. The van der Waals surface area contributed by atoms with E-state index in [-0.39, 0.29) is 12.3 Å². The highest BCUT2D eigenvalue weighted by molar-refractivity contribution is 7.91. The van der Waals surface area contributed by atoms with Crippen LogP contribution in [-0.2, 0) is 24.3 Å². The van der Waals surface area contributed by atoms with Crippen LogP contribution in [0.1, 0.15) is 38.5 Å². The van der Waals surface area contributed by atoms with E-state index in [0.29, 0.717) is 36.4 Å². The Morgan fingerprint density at radius 3 is 2.79 bits per heavy atom. The lowest BCUT2D eigenvalue weighted by molar-refractivity contribution is -0.161. The highest BCUT2D eigenvalue weighted by Crippen LogP contribution is 2.28. The van der Waals surface area contributed by atoms with Gasteiger partial charge in [-0.2, -0.15) is 4.31 Å². The molecule has 0 amide bonds. The highest BCUT2D eigenvalue weighted by atomic mass is 32.2.